The number of ketones is 3. The summed E-state index contributed by atoms with van der Waals surface area (Å²) in [6.07, 6.45) is 4.16. The van der Waals surface area contributed by atoms with Crippen molar-refractivity contribution in [2.75, 3.05) is 7.11 Å². The Morgan fingerprint density at radius 1 is 1.19 bits per heavy atom. The van der Waals surface area contributed by atoms with Crippen LogP contribution in [0.2, 0.25) is 0 Å². The van der Waals surface area contributed by atoms with Gasteiger partial charge in [-0.05, 0) is 31.7 Å². The van der Waals surface area contributed by atoms with E-state index in [-0.39, 0.29) is 19.3 Å². The third-order valence-corrected chi connectivity index (χ3v) is 6.60. The number of carbonyl (C=O) groups is 4. The molecule has 170 valence electrons. The summed E-state index contributed by atoms with van der Waals surface area (Å²) in [6.45, 7) is 0. The Kier molecular flexibility index (Phi) is 6.91. The molecule has 31 heavy (non-hydrogen) atoms. The molecule has 8 nitrogen and oxygen atoms in total. The molecule has 0 bridgehead atoms. The number of ether oxygens (including phenoxy) is 1. The van der Waals surface area contributed by atoms with Crippen molar-refractivity contribution in [1.29, 1.82) is 0 Å². The van der Waals surface area contributed by atoms with Crippen LogP contribution in [0.25, 0.3) is 0 Å². The smallest absolute Gasteiger partial charge is 0.407 e. The average molecular weight is 435 g/mol. The summed E-state index contributed by atoms with van der Waals surface area (Å²) in [6, 6.07) is 0.578. The molecule has 1 N–H and O–H groups in total. The number of nitrogens with one attached hydrogen (secondary N) is 1. The van der Waals surface area contributed by atoms with Crippen LogP contribution in [0, 0.1) is 5.41 Å². The Morgan fingerprint density at radius 2 is 1.87 bits per heavy atom. The molecule has 0 spiro atoms. The molecule has 1 aromatic rings. The molecule has 1 atom stereocenters. The lowest BCUT2D eigenvalue weighted by Gasteiger charge is -2.40. The van der Waals surface area contributed by atoms with Crippen LogP contribution in [0.1, 0.15) is 63.5 Å². The fourth-order valence-corrected chi connectivity index (χ4v) is 4.67. The van der Waals surface area contributed by atoms with Crippen molar-refractivity contribution < 1.29 is 28.3 Å². The number of rotatable bonds is 10. The maximum absolute atomic E-state index is 15.1. The van der Waals surface area contributed by atoms with Crippen molar-refractivity contribution in [3.05, 3.63) is 18.0 Å². The van der Waals surface area contributed by atoms with E-state index >= 15 is 4.39 Å². The second-order valence-corrected chi connectivity index (χ2v) is 8.94. The summed E-state index contributed by atoms with van der Waals surface area (Å²) >= 11 is 0. The summed E-state index contributed by atoms with van der Waals surface area (Å²) in [7, 11) is 2.89. The number of hydrogen-bond acceptors (Lipinski definition) is 6. The van der Waals surface area contributed by atoms with E-state index < -0.39 is 40.6 Å². The first-order valence-electron chi connectivity index (χ1n) is 10.8. The lowest BCUT2D eigenvalue weighted by Crippen LogP contribution is -2.50. The SMILES string of the molecule is COC(=O)N[C@H](CC1(F)CCCC1)C(=O)CC1(C(=O)C(=O)Cc2ccn(C)n2)CCC1. The van der Waals surface area contributed by atoms with E-state index in [1.54, 1.807) is 24.0 Å². The molecule has 2 aliphatic carbocycles. The molecular formula is C22H30FN3O5. The van der Waals surface area contributed by atoms with Crippen molar-refractivity contribution in [1.82, 2.24) is 15.1 Å². The van der Waals surface area contributed by atoms with Crippen LogP contribution >= 0.6 is 0 Å². The van der Waals surface area contributed by atoms with Crippen LogP contribution in [0.4, 0.5) is 9.18 Å². The normalized spacial score (nSPS) is 19.8. The molecule has 1 amide bonds. The molecular weight excluding hydrogens is 405 g/mol. The number of methoxy groups -OCH3 is 1. The molecule has 3 rings (SSSR count). The molecule has 2 aliphatic rings. The Morgan fingerprint density at radius 3 is 2.39 bits per heavy atom. The van der Waals surface area contributed by atoms with Crippen LogP contribution in [0.3, 0.4) is 0 Å². The summed E-state index contributed by atoms with van der Waals surface area (Å²) < 4.78 is 21.2. The minimum Gasteiger partial charge on any atom is -0.453 e. The molecule has 9 heteroatoms. The molecule has 0 unspecified atom stereocenters. The maximum Gasteiger partial charge on any atom is 0.407 e. The highest BCUT2D eigenvalue weighted by atomic mass is 19.1. The first-order valence-corrected chi connectivity index (χ1v) is 10.8. The molecule has 2 saturated carbocycles. The van der Waals surface area contributed by atoms with Gasteiger partial charge in [-0.1, -0.05) is 19.3 Å². The number of alkyl halides is 1. The van der Waals surface area contributed by atoms with E-state index in [4.69, 9.17) is 0 Å². The van der Waals surface area contributed by atoms with Crippen LogP contribution in [-0.2, 0) is 32.6 Å². The first-order chi connectivity index (χ1) is 14.7. The van der Waals surface area contributed by atoms with E-state index in [1.165, 1.54) is 7.11 Å². The third-order valence-electron chi connectivity index (χ3n) is 6.60. The summed E-state index contributed by atoms with van der Waals surface area (Å²) in [5, 5.41) is 6.57. The number of Topliss-reactive ketones (excluding diaryl/α,β-unsaturated/α-hetero) is 3. The number of hydrogen-bond donors (Lipinski definition) is 1. The van der Waals surface area contributed by atoms with Gasteiger partial charge in [0.2, 0.25) is 11.6 Å². The van der Waals surface area contributed by atoms with Crippen molar-refractivity contribution in [2.45, 2.75) is 75.9 Å². The highest BCUT2D eigenvalue weighted by Gasteiger charge is 2.49. The van der Waals surface area contributed by atoms with Gasteiger partial charge in [0, 0.05) is 31.5 Å². The van der Waals surface area contributed by atoms with E-state index in [9.17, 15) is 19.2 Å². The van der Waals surface area contributed by atoms with Gasteiger partial charge < -0.3 is 10.1 Å². The third kappa shape index (κ3) is 5.37. The molecule has 1 heterocycles. The number of carbonyl (C=O) groups excluding carboxylic acids is 4. The number of amides is 1. The average Bonchev–Trinajstić information content (AvgIpc) is 3.31. The Hall–Kier alpha value is -2.58. The van der Waals surface area contributed by atoms with Gasteiger partial charge in [-0.3, -0.25) is 19.1 Å². The van der Waals surface area contributed by atoms with E-state index in [0.717, 1.165) is 19.3 Å². The second-order valence-electron chi connectivity index (χ2n) is 8.94. The Bertz CT molecular complexity index is 855. The molecule has 0 aromatic carbocycles. The number of halogens is 1. The summed E-state index contributed by atoms with van der Waals surface area (Å²) in [4.78, 5) is 50.5. The molecule has 0 saturated heterocycles. The minimum absolute atomic E-state index is 0.118. The van der Waals surface area contributed by atoms with Crippen LogP contribution < -0.4 is 5.32 Å². The molecule has 0 aliphatic heterocycles. The highest BCUT2D eigenvalue weighted by molar-refractivity contribution is 6.40. The van der Waals surface area contributed by atoms with Gasteiger partial charge >= 0.3 is 6.09 Å². The number of nitrogens with zero attached hydrogens (tertiary/aromatic N) is 2. The van der Waals surface area contributed by atoms with Crippen molar-refractivity contribution in [3.63, 3.8) is 0 Å². The Balaban J connectivity index is 1.70. The minimum atomic E-state index is -1.52. The highest BCUT2D eigenvalue weighted by Crippen LogP contribution is 2.46. The van der Waals surface area contributed by atoms with Gasteiger partial charge in [0.1, 0.15) is 5.67 Å². The van der Waals surface area contributed by atoms with Crippen LogP contribution in [0.5, 0.6) is 0 Å². The van der Waals surface area contributed by atoms with E-state index in [0.29, 0.717) is 31.4 Å². The zero-order chi connectivity index (χ0) is 22.6. The van der Waals surface area contributed by atoms with E-state index in [1.807, 2.05) is 0 Å². The largest absolute Gasteiger partial charge is 0.453 e. The summed E-state index contributed by atoms with van der Waals surface area (Å²) in [5.41, 5.74) is -2.10. The molecule has 0 radical (unpaired) electrons. The quantitative estimate of drug-likeness (QED) is 0.566. The van der Waals surface area contributed by atoms with Crippen molar-refractivity contribution >= 4 is 23.4 Å². The predicted molar refractivity (Wildman–Crippen MR) is 109 cm³/mol. The van der Waals surface area contributed by atoms with Gasteiger partial charge in [0.25, 0.3) is 0 Å². The fourth-order valence-electron chi connectivity index (χ4n) is 4.67. The van der Waals surface area contributed by atoms with E-state index in [2.05, 4.69) is 15.2 Å². The van der Waals surface area contributed by atoms with Gasteiger partial charge in [-0.2, -0.15) is 5.10 Å². The Labute approximate surface area is 180 Å². The monoisotopic (exact) mass is 435 g/mol. The van der Waals surface area contributed by atoms with Crippen molar-refractivity contribution in [3.8, 4) is 0 Å². The number of alkyl carbamates (subject to hydrolysis) is 1. The summed E-state index contributed by atoms with van der Waals surface area (Å²) in [5.74, 6) is -1.60. The van der Waals surface area contributed by atoms with Gasteiger partial charge in [-0.15, -0.1) is 0 Å². The second kappa shape index (κ2) is 9.28. The fraction of sp³-hybridized carbons (Fsp3) is 0.682. The topological polar surface area (TPSA) is 107 Å². The lowest BCUT2D eigenvalue weighted by molar-refractivity contribution is -0.148. The van der Waals surface area contributed by atoms with Gasteiger partial charge in [-0.25, -0.2) is 9.18 Å². The number of aryl methyl sites for hydroxylation is 1. The van der Waals surface area contributed by atoms with Crippen LogP contribution in [0.15, 0.2) is 12.3 Å². The lowest BCUT2D eigenvalue weighted by atomic mass is 9.61. The zero-order valence-electron chi connectivity index (χ0n) is 18.1. The van der Waals surface area contributed by atoms with Gasteiger partial charge in [0.05, 0.1) is 25.3 Å². The zero-order valence-corrected chi connectivity index (χ0v) is 18.1. The molecule has 2 fully saturated rings. The molecule has 1 aromatic heterocycles. The maximum atomic E-state index is 15.1. The van der Waals surface area contributed by atoms with Crippen molar-refractivity contribution in [2.24, 2.45) is 12.5 Å². The van der Waals surface area contributed by atoms with Crippen LogP contribution in [-0.4, -0.2) is 52.0 Å². The standard InChI is InChI=1S/C22H30FN3O5/c1-26-11-6-15(25-26)12-17(27)19(29)21(7-5-8-21)14-18(28)16(24-20(30)31-2)13-22(23)9-3-4-10-22/h6,11,16H,3-5,7-10,12-14H2,1-2H3,(H,24,30)/t16-/m1/s1. The first kappa shape index (κ1) is 23.1. The number of aromatic nitrogens is 2. The van der Waals surface area contributed by atoms with Gasteiger partial charge in [0.15, 0.2) is 5.78 Å². The predicted octanol–water partition coefficient (Wildman–Crippen LogP) is 2.63.